The second-order valence-electron chi connectivity index (χ2n) is 9.21. The molecule has 0 saturated heterocycles. The quantitative estimate of drug-likeness (QED) is 0.217. The molecule has 5 rings (SSSR count). The van der Waals surface area contributed by atoms with Crippen molar-refractivity contribution in [1.82, 2.24) is 0 Å². The molecule has 1 aliphatic heterocycles. The van der Waals surface area contributed by atoms with Crippen LogP contribution >= 0.6 is 0 Å². The van der Waals surface area contributed by atoms with Gasteiger partial charge in [0, 0.05) is 73.2 Å². The Hall–Kier alpha value is -4.72. The van der Waals surface area contributed by atoms with Gasteiger partial charge in [0.1, 0.15) is 49.4 Å². The zero-order valence-corrected chi connectivity index (χ0v) is 22.5. The Kier molecular flexibility index (Phi) is 9.70. The number of hydrogen-bond donors (Lipinski definition) is 4. The highest BCUT2D eigenvalue weighted by Crippen LogP contribution is 2.21. The molecular formula is C32H36N4O4. The van der Waals surface area contributed by atoms with Crippen LogP contribution < -0.4 is 40.2 Å². The Morgan fingerprint density at radius 2 is 0.600 bits per heavy atom. The number of anilines is 4. The van der Waals surface area contributed by atoms with E-state index >= 15 is 0 Å². The first kappa shape index (κ1) is 26.9. The monoisotopic (exact) mass is 540 g/mol. The van der Waals surface area contributed by atoms with Gasteiger partial charge < -0.3 is 40.2 Å². The Bertz CT molecular complexity index is 1060. The number of rotatable bonds is 0. The van der Waals surface area contributed by atoms with Gasteiger partial charge in [-0.25, -0.2) is 0 Å². The van der Waals surface area contributed by atoms with Gasteiger partial charge in [-0.15, -0.1) is 0 Å². The van der Waals surface area contributed by atoms with Crippen molar-refractivity contribution in [2.45, 2.75) is 0 Å². The van der Waals surface area contributed by atoms with E-state index < -0.39 is 0 Å². The van der Waals surface area contributed by atoms with Crippen LogP contribution in [0.25, 0.3) is 0 Å². The minimum atomic E-state index is 0.452. The Morgan fingerprint density at radius 3 is 0.850 bits per heavy atom. The summed E-state index contributed by atoms with van der Waals surface area (Å²) in [5, 5.41) is 13.8. The van der Waals surface area contributed by atoms with Crippen LogP contribution in [0.4, 0.5) is 22.7 Å². The summed E-state index contributed by atoms with van der Waals surface area (Å²) >= 11 is 0. The first-order chi connectivity index (χ1) is 19.8. The third-order valence-corrected chi connectivity index (χ3v) is 6.14. The highest BCUT2D eigenvalue weighted by Gasteiger charge is 2.03. The lowest BCUT2D eigenvalue weighted by Gasteiger charge is -2.14. The van der Waals surface area contributed by atoms with Gasteiger partial charge in [-0.05, 0) is 48.5 Å². The Balaban J connectivity index is 1.21. The number of hydrogen-bond acceptors (Lipinski definition) is 8. The summed E-state index contributed by atoms with van der Waals surface area (Å²) in [6.45, 7) is 4.82. The number of nitrogens with one attached hydrogen (secondary N) is 4. The maximum Gasteiger partial charge on any atom is 0.122 e. The zero-order chi connectivity index (χ0) is 27.2. The van der Waals surface area contributed by atoms with Crippen LogP contribution in [-0.2, 0) is 0 Å². The zero-order valence-electron chi connectivity index (χ0n) is 22.5. The molecule has 1 heterocycles. The van der Waals surface area contributed by atoms with Crippen LogP contribution in [0.2, 0.25) is 0 Å². The standard InChI is InChI=1S/C32H36N4O4/c1-5-25-21-29(9-1)37-17-18-38-30-10-3-7-27(23-30)35-15-16-36-28-8-4-12-32(24-28)40-20-19-39-31-11-2-6-26(22-31)34-14-13-33-25/h1-12,21-24,33-36H,13-20H2. The summed E-state index contributed by atoms with van der Waals surface area (Å²) in [6, 6.07) is 31.9. The first-order valence-electron chi connectivity index (χ1n) is 13.7. The van der Waals surface area contributed by atoms with Gasteiger partial charge in [0.15, 0.2) is 0 Å². The molecule has 0 aliphatic carbocycles. The molecule has 40 heavy (non-hydrogen) atoms. The molecule has 0 amide bonds. The van der Waals surface area contributed by atoms with Gasteiger partial charge in [-0.2, -0.15) is 0 Å². The molecule has 0 fully saturated rings. The van der Waals surface area contributed by atoms with Crippen molar-refractivity contribution in [2.75, 3.05) is 73.9 Å². The van der Waals surface area contributed by atoms with Crippen LogP contribution in [0.1, 0.15) is 0 Å². The minimum Gasteiger partial charge on any atom is -0.490 e. The summed E-state index contributed by atoms with van der Waals surface area (Å²) in [7, 11) is 0. The van der Waals surface area contributed by atoms with E-state index in [1.807, 2.05) is 97.1 Å². The predicted octanol–water partition coefficient (Wildman–Crippen LogP) is 5.96. The average molecular weight is 541 g/mol. The lowest BCUT2D eigenvalue weighted by molar-refractivity contribution is 0.217. The van der Waals surface area contributed by atoms with E-state index in [0.29, 0.717) is 26.4 Å². The smallest absolute Gasteiger partial charge is 0.122 e. The van der Waals surface area contributed by atoms with Crippen molar-refractivity contribution >= 4 is 22.7 Å². The molecule has 4 aromatic rings. The molecule has 0 aromatic heterocycles. The average Bonchev–Trinajstić information content (AvgIpc) is 2.99. The number of fused-ring (bicyclic) bond motifs is 8. The van der Waals surface area contributed by atoms with Gasteiger partial charge >= 0.3 is 0 Å². The van der Waals surface area contributed by atoms with Crippen LogP contribution in [-0.4, -0.2) is 52.6 Å². The van der Waals surface area contributed by atoms with Gasteiger partial charge in [0.05, 0.1) is 0 Å². The van der Waals surface area contributed by atoms with Gasteiger partial charge in [0.2, 0.25) is 0 Å². The third-order valence-electron chi connectivity index (χ3n) is 6.14. The maximum atomic E-state index is 5.92. The third kappa shape index (κ3) is 8.66. The van der Waals surface area contributed by atoms with Crippen LogP contribution in [0.3, 0.4) is 0 Å². The normalized spacial score (nSPS) is 14.8. The fourth-order valence-corrected chi connectivity index (χ4v) is 4.25. The van der Waals surface area contributed by atoms with Crippen molar-refractivity contribution in [3.63, 3.8) is 0 Å². The van der Waals surface area contributed by atoms with Crippen molar-refractivity contribution in [3.05, 3.63) is 97.1 Å². The second kappa shape index (κ2) is 14.4. The molecule has 1 aliphatic rings. The highest BCUT2D eigenvalue weighted by atomic mass is 16.5. The molecule has 0 spiro atoms. The van der Waals surface area contributed by atoms with Gasteiger partial charge in [0.25, 0.3) is 0 Å². The Morgan fingerprint density at radius 1 is 0.350 bits per heavy atom. The van der Waals surface area contributed by atoms with Crippen molar-refractivity contribution in [1.29, 1.82) is 0 Å². The van der Waals surface area contributed by atoms with E-state index in [1.165, 1.54) is 0 Å². The van der Waals surface area contributed by atoms with Crippen molar-refractivity contribution in [2.24, 2.45) is 0 Å². The molecule has 0 radical (unpaired) electrons. The molecule has 208 valence electrons. The molecule has 0 saturated carbocycles. The first-order valence-corrected chi connectivity index (χ1v) is 13.7. The second-order valence-corrected chi connectivity index (χ2v) is 9.21. The molecule has 4 aromatic carbocycles. The summed E-state index contributed by atoms with van der Waals surface area (Å²) in [5.41, 5.74) is 4.02. The lowest BCUT2D eigenvalue weighted by Crippen LogP contribution is -2.14. The van der Waals surface area contributed by atoms with Gasteiger partial charge in [-0.1, -0.05) is 24.3 Å². The van der Waals surface area contributed by atoms with Crippen molar-refractivity contribution < 1.29 is 18.9 Å². The summed E-state index contributed by atoms with van der Waals surface area (Å²) in [5.74, 6) is 3.21. The topological polar surface area (TPSA) is 85.0 Å². The molecule has 8 bridgehead atoms. The summed E-state index contributed by atoms with van der Waals surface area (Å²) < 4.78 is 23.7. The predicted molar refractivity (Wildman–Crippen MR) is 162 cm³/mol. The molecule has 4 N–H and O–H groups in total. The lowest BCUT2D eigenvalue weighted by atomic mass is 10.3. The van der Waals surface area contributed by atoms with E-state index in [4.69, 9.17) is 18.9 Å². The molecule has 0 atom stereocenters. The number of benzene rings is 4. The molecule has 0 unspecified atom stereocenters. The van der Waals surface area contributed by atoms with E-state index in [9.17, 15) is 0 Å². The molecule has 8 nitrogen and oxygen atoms in total. The minimum absolute atomic E-state index is 0.452. The van der Waals surface area contributed by atoms with E-state index in [0.717, 1.165) is 71.9 Å². The number of ether oxygens (including phenoxy) is 4. The van der Waals surface area contributed by atoms with Crippen LogP contribution in [0.15, 0.2) is 97.1 Å². The molecular weight excluding hydrogens is 504 g/mol. The fourth-order valence-electron chi connectivity index (χ4n) is 4.25. The summed E-state index contributed by atoms with van der Waals surface area (Å²) in [4.78, 5) is 0. The fraction of sp³-hybridized carbons (Fsp3) is 0.250. The van der Waals surface area contributed by atoms with Crippen LogP contribution in [0, 0.1) is 0 Å². The Labute approximate surface area is 235 Å². The van der Waals surface area contributed by atoms with Gasteiger partial charge in [-0.3, -0.25) is 0 Å². The molecule has 8 heteroatoms. The maximum absolute atomic E-state index is 5.92. The summed E-state index contributed by atoms with van der Waals surface area (Å²) in [6.07, 6.45) is 0. The van der Waals surface area contributed by atoms with E-state index in [1.54, 1.807) is 0 Å². The van der Waals surface area contributed by atoms with E-state index in [-0.39, 0.29) is 0 Å². The SMILES string of the molecule is c1cc2cc(c1)OCCOc1cccc(c1)NCCNc1cccc(c1)OCCOc1cccc(c1)NCCN2. The van der Waals surface area contributed by atoms with E-state index in [2.05, 4.69) is 21.3 Å². The van der Waals surface area contributed by atoms with Crippen LogP contribution in [0.5, 0.6) is 23.0 Å². The largest absolute Gasteiger partial charge is 0.490 e. The highest BCUT2D eigenvalue weighted by molar-refractivity contribution is 5.51. The van der Waals surface area contributed by atoms with Crippen molar-refractivity contribution in [3.8, 4) is 23.0 Å².